The first-order valence-electron chi connectivity index (χ1n) is 10.3. The van der Waals surface area contributed by atoms with Crippen LogP contribution < -0.4 is 14.8 Å². The molecule has 6 heteroatoms. The highest BCUT2D eigenvalue weighted by atomic mass is 16.5. The van der Waals surface area contributed by atoms with Crippen LogP contribution in [0.5, 0.6) is 11.5 Å². The van der Waals surface area contributed by atoms with Gasteiger partial charge < -0.3 is 19.4 Å². The van der Waals surface area contributed by atoms with Gasteiger partial charge in [0, 0.05) is 29.1 Å². The fourth-order valence-corrected chi connectivity index (χ4v) is 3.87. The van der Waals surface area contributed by atoms with Crippen molar-refractivity contribution in [1.82, 2.24) is 9.88 Å². The van der Waals surface area contributed by atoms with Gasteiger partial charge in [-0.2, -0.15) is 0 Å². The van der Waals surface area contributed by atoms with Gasteiger partial charge in [-0.3, -0.25) is 9.59 Å². The van der Waals surface area contributed by atoms with Crippen molar-refractivity contribution in [3.8, 4) is 11.5 Å². The van der Waals surface area contributed by atoms with E-state index in [0.717, 1.165) is 40.8 Å². The van der Waals surface area contributed by atoms with Gasteiger partial charge in [-0.05, 0) is 37.1 Å². The Bertz CT molecular complexity index is 1090. The molecule has 156 valence electrons. The molecule has 1 aromatic heterocycles. The van der Waals surface area contributed by atoms with Crippen LogP contribution in [0.3, 0.4) is 0 Å². The highest BCUT2D eigenvalue weighted by molar-refractivity contribution is 6.07. The standard InChI is InChI=1S/C24H26N2O4/c1-3-20(17-9-10-22-23(13-17)30-12-6-11-29-22)25-24(28)15-26-14-19(16(2)27)18-7-4-5-8-21(18)26/h4-5,7-10,13-14,20H,3,6,11-12,15H2,1-2H3,(H,25,28)/t20-/m0/s1. The fourth-order valence-electron chi connectivity index (χ4n) is 3.87. The van der Waals surface area contributed by atoms with E-state index in [-0.39, 0.29) is 24.3 Å². The number of benzene rings is 2. The second kappa shape index (κ2) is 8.61. The molecule has 0 bridgehead atoms. The molecule has 1 aliphatic heterocycles. The molecule has 1 N–H and O–H groups in total. The molecular weight excluding hydrogens is 380 g/mol. The van der Waals surface area contributed by atoms with Gasteiger partial charge in [-0.15, -0.1) is 0 Å². The predicted molar refractivity (Wildman–Crippen MR) is 115 cm³/mol. The average molecular weight is 406 g/mol. The number of hydrogen-bond acceptors (Lipinski definition) is 4. The fraction of sp³-hybridized carbons (Fsp3) is 0.333. The summed E-state index contributed by atoms with van der Waals surface area (Å²) in [7, 11) is 0. The van der Waals surface area contributed by atoms with Crippen LogP contribution in [0.25, 0.3) is 10.9 Å². The number of carbonyl (C=O) groups excluding carboxylic acids is 2. The van der Waals surface area contributed by atoms with Crippen LogP contribution in [0.15, 0.2) is 48.7 Å². The smallest absolute Gasteiger partial charge is 0.240 e. The van der Waals surface area contributed by atoms with E-state index in [1.807, 2.05) is 54.0 Å². The van der Waals surface area contributed by atoms with Gasteiger partial charge in [0.2, 0.25) is 5.91 Å². The predicted octanol–water partition coefficient (Wildman–Crippen LogP) is 4.27. The molecule has 0 fully saturated rings. The van der Waals surface area contributed by atoms with Gasteiger partial charge in [-0.1, -0.05) is 31.2 Å². The molecule has 2 aromatic carbocycles. The van der Waals surface area contributed by atoms with Crippen molar-refractivity contribution in [2.75, 3.05) is 13.2 Å². The maximum absolute atomic E-state index is 12.8. The number of nitrogens with zero attached hydrogens (tertiary/aromatic N) is 1. The second-order valence-corrected chi connectivity index (χ2v) is 7.53. The summed E-state index contributed by atoms with van der Waals surface area (Å²) in [6.07, 6.45) is 3.36. The minimum atomic E-state index is -0.135. The average Bonchev–Trinajstić information content (AvgIpc) is 2.94. The first-order valence-corrected chi connectivity index (χ1v) is 10.3. The molecule has 6 nitrogen and oxygen atoms in total. The van der Waals surface area contributed by atoms with Crippen LogP contribution in [0.2, 0.25) is 0 Å². The Hall–Kier alpha value is -3.28. The summed E-state index contributed by atoms with van der Waals surface area (Å²) in [6, 6.07) is 13.3. The van der Waals surface area contributed by atoms with E-state index in [1.165, 1.54) is 0 Å². The number of fused-ring (bicyclic) bond motifs is 2. The number of rotatable bonds is 6. The lowest BCUT2D eigenvalue weighted by atomic mass is 10.0. The van der Waals surface area contributed by atoms with E-state index < -0.39 is 0 Å². The van der Waals surface area contributed by atoms with Crippen molar-refractivity contribution in [3.63, 3.8) is 0 Å². The third-order valence-electron chi connectivity index (χ3n) is 5.40. The van der Waals surface area contributed by atoms with Crippen molar-refractivity contribution < 1.29 is 19.1 Å². The summed E-state index contributed by atoms with van der Waals surface area (Å²) in [4.78, 5) is 24.8. The topological polar surface area (TPSA) is 69.6 Å². The van der Waals surface area contributed by atoms with Crippen molar-refractivity contribution in [3.05, 3.63) is 59.8 Å². The normalized spacial score (nSPS) is 14.2. The number of nitrogens with one attached hydrogen (secondary N) is 1. The SMILES string of the molecule is CC[C@H](NC(=O)Cn1cc(C(C)=O)c2ccccc21)c1ccc2c(c1)OCCCO2. The lowest BCUT2D eigenvalue weighted by Gasteiger charge is -2.19. The minimum Gasteiger partial charge on any atom is -0.490 e. The molecule has 0 unspecified atom stereocenters. The van der Waals surface area contributed by atoms with E-state index in [4.69, 9.17) is 9.47 Å². The molecule has 1 aliphatic rings. The van der Waals surface area contributed by atoms with Crippen LogP contribution in [0.4, 0.5) is 0 Å². The van der Waals surface area contributed by atoms with E-state index >= 15 is 0 Å². The van der Waals surface area contributed by atoms with Gasteiger partial charge in [0.1, 0.15) is 6.54 Å². The quantitative estimate of drug-likeness (QED) is 0.621. The molecular formula is C24H26N2O4. The van der Waals surface area contributed by atoms with Gasteiger partial charge in [0.15, 0.2) is 17.3 Å². The molecule has 0 aliphatic carbocycles. The van der Waals surface area contributed by atoms with Gasteiger partial charge >= 0.3 is 0 Å². The highest BCUT2D eigenvalue weighted by Gasteiger charge is 2.19. The van der Waals surface area contributed by atoms with Crippen molar-refractivity contribution in [2.45, 2.75) is 39.3 Å². The lowest BCUT2D eigenvalue weighted by Crippen LogP contribution is -2.31. The number of aromatic nitrogens is 1. The number of Topliss-reactive ketones (excluding diaryl/α,β-unsaturated/α-hetero) is 1. The first kappa shape index (κ1) is 20.0. The molecule has 0 saturated carbocycles. The second-order valence-electron chi connectivity index (χ2n) is 7.53. The van der Waals surface area contributed by atoms with Crippen molar-refractivity contribution >= 4 is 22.6 Å². The molecule has 4 rings (SSSR count). The number of carbonyl (C=O) groups is 2. The maximum atomic E-state index is 12.8. The van der Waals surface area contributed by atoms with Gasteiger partial charge in [0.25, 0.3) is 0 Å². The summed E-state index contributed by atoms with van der Waals surface area (Å²) in [5, 5.41) is 3.98. The van der Waals surface area contributed by atoms with Crippen molar-refractivity contribution in [2.24, 2.45) is 0 Å². The summed E-state index contributed by atoms with van der Waals surface area (Å²) in [5.74, 6) is 1.35. The summed E-state index contributed by atoms with van der Waals surface area (Å²) >= 11 is 0. The Morgan fingerprint density at radius 1 is 1.10 bits per heavy atom. The van der Waals surface area contributed by atoms with E-state index in [0.29, 0.717) is 18.8 Å². The summed E-state index contributed by atoms with van der Waals surface area (Å²) in [5.41, 5.74) is 2.49. The minimum absolute atomic E-state index is 0.0102. The highest BCUT2D eigenvalue weighted by Crippen LogP contribution is 2.33. The van der Waals surface area contributed by atoms with E-state index in [2.05, 4.69) is 5.32 Å². The number of hydrogen-bond donors (Lipinski definition) is 1. The molecule has 30 heavy (non-hydrogen) atoms. The number of amides is 1. The Kier molecular flexibility index (Phi) is 5.74. The largest absolute Gasteiger partial charge is 0.490 e. The zero-order valence-corrected chi connectivity index (χ0v) is 17.3. The maximum Gasteiger partial charge on any atom is 0.240 e. The number of para-hydroxylation sites is 1. The Labute approximate surface area is 175 Å². The van der Waals surface area contributed by atoms with Crippen LogP contribution in [-0.2, 0) is 11.3 Å². The Morgan fingerprint density at radius 3 is 2.63 bits per heavy atom. The van der Waals surface area contributed by atoms with Crippen molar-refractivity contribution in [1.29, 1.82) is 0 Å². The molecule has 0 saturated heterocycles. The number of ether oxygens (including phenoxy) is 2. The summed E-state index contributed by atoms with van der Waals surface area (Å²) < 4.78 is 13.3. The van der Waals surface area contributed by atoms with Crippen LogP contribution in [0.1, 0.15) is 48.7 Å². The van der Waals surface area contributed by atoms with Crippen LogP contribution >= 0.6 is 0 Å². The Morgan fingerprint density at radius 2 is 1.87 bits per heavy atom. The molecule has 1 amide bonds. The molecule has 0 radical (unpaired) electrons. The summed E-state index contributed by atoms with van der Waals surface area (Å²) in [6.45, 7) is 5.00. The lowest BCUT2D eigenvalue weighted by molar-refractivity contribution is -0.122. The molecule has 2 heterocycles. The molecule has 0 spiro atoms. The van der Waals surface area contributed by atoms with E-state index in [9.17, 15) is 9.59 Å². The zero-order valence-electron chi connectivity index (χ0n) is 17.3. The van der Waals surface area contributed by atoms with Crippen LogP contribution in [0, 0.1) is 0 Å². The van der Waals surface area contributed by atoms with Crippen LogP contribution in [-0.4, -0.2) is 29.5 Å². The first-order chi connectivity index (χ1) is 14.6. The molecule has 1 atom stereocenters. The van der Waals surface area contributed by atoms with Gasteiger partial charge in [0.05, 0.1) is 19.3 Å². The zero-order chi connectivity index (χ0) is 21.1. The Balaban J connectivity index is 1.53. The van der Waals surface area contributed by atoms with E-state index in [1.54, 1.807) is 13.1 Å². The third-order valence-corrected chi connectivity index (χ3v) is 5.40. The molecule has 3 aromatic rings. The third kappa shape index (κ3) is 4.03. The number of ketones is 1. The monoisotopic (exact) mass is 406 g/mol. The van der Waals surface area contributed by atoms with Gasteiger partial charge in [-0.25, -0.2) is 0 Å².